The molecule has 1 aliphatic rings. The van der Waals surface area contributed by atoms with Crippen molar-refractivity contribution in [1.82, 2.24) is 14.7 Å². The lowest BCUT2D eigenvalue weighted by Crippen LogP contribution is -2.36. The Kier molecular flexibility index (Phi) is 6.48. The molecule has 6 nitrogen and oxygen atoms in total. The summed E-state index contributed by atoms with van der Waals surface area (Å²) in [6.45, 7) is 0.501. The summed E-state index contributed by atoms with van der Waals surface area (Å²) in [7, 11) is -1.41. The van der Waals surface area contributed by atoms with Gasteiger partial charge in [0, 0.05) is 41.5 Å². The first-order chi connectivity index (χ1) is 15.3. The van der Waals surface area contributed by atoms with Crippen molar-refractivity contribution in [3.05, 3.63) is 83.0 Å². The maximum Gasteiger partial charge on any atom is 0.246 e. The number of halogens is 1. The highest BCUT2D eigenvalue weighted by molar-refractivity contribution is 7.91. The summed E-state index contributed by atoms with van der Waals surface area (Å²) < 4.78 is 25.3. The van der Waals surface area contributed by atoms with E-state index in [1.54, 1.807) is 17.8 Å². The van der Waals surface area contributed by atoms with Crippen molar-refractivity contribution in [2.45, 2.75) is 19.0 Å². The lowest BCUT2D eigenvalue weighted by atomic mass is 10.1. The molecule has 4 rings (SSSR count). The third-order valence-corrected chi connectivity index (χ3v) is 7.76. The van der Waals surface area contributed by atoms with E-state index in [-0.39, 0.29) is 23.5 Å². The highest BCUT2D eigenvalue weighted by atomic mass is 35.5. The number of aromatic nitrogens is 2. The molecule has 1 saturated heterocycles. The van der Waals surface area contributed by atoms with Gasteiger partial charge < -0.3 is 4.90 Å². The van der Waals surface area contributed by atoms with Crippen molar-refractivity contribution in [1.29, 1.82) is 0 Å². The molecule has 0 aliphatic carbocycles. The van der Waals surface area contributed by atoms with Crippen LogP contribution in [0.2, 0.25) is 5.02 Å². The van der Waals surface area contributed by atoms with Crippen molar-refractivity contribution in [2.24, 2.45) is 0 Å². The minimum absolute atomic E-state index is 0.0219. The second-order valence-corrected chi connectivity index (χ2v) is 10.6. The number of sulfone groups is 1. The summed E-state index contributed by atoms with van der Waals surface area (Å²) in [5.41, 5.74) is 3.44. The van der Waals surface area contributed by atoms with E-state index in [1.807, 2.05) is 60.8 Å². The number of carbonyl (C=O) groups excluding carboxylic acids is 1. The Balaban J connectivity index is 1.59. The molecule has 0 spiro atoms. The van der Waals surface area contributed by atoms with Crippen LogP contribution in [0.1, 0.15) is 17.5 Å². The second kappa shape index (κ2) is 9.30. The maximum absolute atomic E-state index is 12.7. The molecule has 2 aromatic carbocycles. The number of carbonyl (C=O) groups is 1. The molecule has 8 heteroatoms. The monoisotopic (exact) mass is 469 g/mol. The molecule has 0 N–H and O–H groups in total. The average molecular weight is 470 g/mol. The number of hydrogen-bond donors (Lipinski definition) is 0. The number of rotatable bonds is 6. The average Bonchev–Trinajstić information content (AvgIpc) is 3.36. The van der Waals surface area contributed by atoms with Crippen molar-refractivity contribution in [3.63, 3.8) is 0 Å². The highest BCUT2D eigenvalue weighted by Crippen LogP contribution is 2.25. The molecular weight excluding hydrogens is 446 g/mol. The van der Waals surface area contributed by atoms with Crippen LogP contribution in [0.3, 0.4) is 0 Å². The zero-order valence-corrected chi connectivity index (χ0v) is 19.3. The number of likely N-dealkylation sites (N-methyl/N-ethyl adjacent to an activating group) is 1. The zero-order valence-electron chi connectivity index (χ0n) is 17.7. The molecule has 3 aromatic rings. The fourth-order valence-corrected chi connectivity index (χ4v) is 5.77. The number of hydrogen-bond acceptors (Lipinski definition) is 4. The molecule has 166 valence electrons. The van der Waals surface area contributed by atoms with E-state index in [9.17, 15) is 13.2 Å². The van der Waals surface area contributed by atoms with Gasteiger partial charge in [-0.1, -0.05) is 60.1 Å². The minimum Gasteiger partial charge on any atom is -0.338 e. The predicted octanol–water partition coefficient (Wildman–Crippen LogP) is 3.91. The molecule has 0 bridgehead atoms. The van der Waals surface area contributed by atoms with Crippen molar-refractivity contribution >= 4 is 33.4 Å². The molecule has 1 atom stereocenters. The van der Waals surface area contributed by atoms with Gasteiger partial charge in [-0.25, -0.2) is 8.42 Å². The highest BCUT2D eigenvalue weighted by Gasteiger charge is 2.32. The molecule has 2 heterocycles. The first kappa shape index (κ1) is 22.3. The van der Waals surface area contributed by atoms with Crippen LogP contribution < -0.4 is 0 Å². The van der Waals surface area contributed by atoms with Crippen LogP contribution >= 0.6 is 11.6 Å². The minimum atomic E-state index is -3.06. The van der Waals surface area contributed by atoms with Crippen LogP contribution in [-0.2, 0) is 21.2 Å². The van der Waals surface area contributed by atoms with E-state index in [0.29, 0.717) is 18.0 Å². The SMILES string of the molecule is CN(C(=O)C=Cc1cn(Cc2ccccc2Cl)nc1-c1ccccc1)C1CCS(=O)(=O)C1. The Bertz CT molecular complexity index is 1250. The van der Waals surface area contributed by atoms with Crippen LogP contribution in [0.25, 0.3) is 17.3 Å². The summed E-state index contributed by atoms with van der Waals surface area (Å²) in [5.74, 6) is -0.0787. The predicted molar refractivity (Wildman–Crippen MR) is 127 cm³/mol. The smallest absolute Gasteiger partial charge is 0.246 e. The maximum atomic E-state index is 12.7. The molecule has 0 saturated carbocycles. The van der Waals surface area contributed by atoms with Gasteiger partial charge in [0.05, 0.1) is 23.7 Å². The fraction of sp³-hybridized carbons (Fsp3) is 0.250. The third kappa shape index (κ3) is 5.11. The van der Waals surface area contributed by atoms with Gasteiger partial charge in [0.2, 0.25) is 5.91 Å². The van der Waals surface area contributed by atoms with Crippen molar-refractivity contribution in [3.8, 4) is 11.3 Å². The zero-order chi connectivity index (χ0) is 22.7. The van der Waals surface area contributed by atoms with Gasteiger partial charge in [-0.2, -0.15) is 5.10 Å². The van der Waals surface area contributed by atoms with Crippen molar-refractivity contribution in [2.75, 3.05) is 18.6 Å². The van der Waals surface area contributed by atoms with Gasteiger partial charge in [0.1, 0.15) is 0 Å². The van der Waals surface area contributed by atoms with E-state index < -0.39 is 9.84 Å². The summed E-state index contributed by atoms with van der Waals surface area (Å²) in [4.78, 5) is 14.2. The molecule has 32 heavy (non-hydrogen) atoms. The van der Waals surface area contributed by atoms with Crippen LogP contribution in [0.15, 0.2) is 66.9 Å². The van der Waals surface area contributed by atoms with E-state index in [2.05, 4.69) is 0 Å². The first-order valence-corrected chi connectivity index (χ1v) is 12.5. The van der Waals surface area contributed by atoms with E-state index in [0.717, 1.165) is 22.4 Å². The van der Waals surface area contributed by atoms with E-state index >= 15 is 0 Å². The van der Waals surface area contributed by atoms with Gasteiger partial charge in [0.25, 0.3) is 0 Å². The van der Waals surface area contributed by atoms with Gasteiger partial charge in [0.15, 0.2) is 9.84 Å². The lowest BCUT2D eigenvalue weighted by molar-refractivity contribution is -0.126. The van der Waals surface area contributed by atoms with Gasteiger partial charge >= 0.3 is 0 Å². The van der Waals surface area contributed by atoms with Crippen LogP contribution in [0.4, 0.5) is 0 Å². The molecule has 1 amide bonds. The number of nitrogens with zero attached hydrogens (tertiary/aromatic N) is 3. The second-order valence-electron chi connectivity index (χ2n) is 7.93. The van der Waals surface area contributed by atoms with Gasteiger partial charge in [-0.05, 0) is 24.1 Å². The van der Waals surface area contributed by atoms with E-state index in [4.69, 9.17) is 16.7 Å². The van der Waals surface area contributed by atoms with Crippen LogP contribution in [0.5, 0.6) is 0 Å². The summed E-state index contributed by atoms with van der Waals surface area (Å²) >= 11 is 6.31. The Morgan fingerprint density at radius 1 is 1.19 bits per heavy atom. The molecular formula is C24H24ClN3O3S. The summed E-state index contributed by atoms with van der Waals surface area (Å²) in [5, 5.41) is 5.41. The first-order valence-electron chi connectivity index (χ1n) is 10.3. The molecule has 1 aliphatic heterocycles. The summed E-state index contributed by atoms with van der Waals surface area (Å²) in [6.07, 6.45) is 5.58. The van der Waals surface area contributed by atoms with Gasteiger partial charge in [-0.15, -0.1) is 0 Å². The number of benzene rings is 2. The Hall–Kier alpha value is -2.90. The van der Waals surface area contributed by atoms with Crippen LogP contribution in [-0.4, -0.2) is 53.6 Å². The quantitative estimate of drug-likeness (QED) is 0.513. The third-order valence-electron chi connectivity index (χ3n) is 5.64. The molecule has 1 fully saturated rings. The van der Waals surface area contributed by atoms with E-state index in [1.165, 1.54) is 11.0 Å². The van der Waals surface area contributed by atoms with Crippen molar-refractivity contribution < 1.29 is 13.2 Å². The molecule has 1 unspecified atom stereocenters. The lowest BCUT2D eigenvalue weighted by Gasteiger charge is -2.21. The molecule has 0 radical (unpaired) electrons. The molecule has 1 aromatic heterocycles. The topological polar surface area (TPSA) is 72.3 Å². The fourth-order valence-electron chi connectivity index (χ4n) is 3.80. The Morgan fingerprint density at radius 3 is 2.59 bits per heavy atom. The Morgan fingerprint density at radius 2 is 1.91 bits per heavy atom. The summed E-state index contributed by atoms with van der Waals surface area (Å²) in [6, 6.07) is 17.1. The number of amides is 1. The standard InChI is InChI=1S/C24H24ClN3O3S/c1-27(21-13-14-32(30,31)17-21)23(29)12-11-20-16-28(15-19-9-5-6-10-22(19)25)26-24(20)18-7-3-2-4-8-18/h2-12,16,21H,13-15,17H2,1H3. The normalized spacial score (nSPS) is 17.6. The Labute approximate surface area is 193 Å². The van der Waals surface area contributed by atoms with Crippen LogP contribution in [0, 0.1) is 0 Å². The van der Waals surface area contributed by atoms with Gasteiger partial charge in [-0.3, -0.25) is 9.48 Å². The largest absolute Gasteiger partial charge is 0.338 e.